The minimum absolute atomic E-state index is 0.266. The monoisotopic (exact) mass is 253 g/mol. The van der Waals surface area contributed by atoms with Crippen molar-refractivity contribution in [3.63, 3.8) is 0 Å². The van der Waals surface area contributed by atoms with Crippen molar-refractivity contribution in [1.29, 1.82) is 0 Å². The standard InChI is InChI=1S/C14H27N3O/c1-11-4-3-5-13(8-11)9-16-14(15)17-6-7-18-12(2)10-17/h11-13H,3-10H2,1-2H3,(H2,15,16). The number of guanidine groups is 1. The molecule has 0 aromatic carbocycles. The van der Waals surface area contributed by atoms with E-state index >= 15 is 0 Å². The predicted octanol–water partition coefficient (Wildman–Crippen LogP) is 1.85. The van der Waals surface area contributed by atoms with Crippen LogP contribution in [0.5, 0.6) is 0 Å². The summed E-state index contributed by atoms with van der Waals surface area (Å²) in [5.41, 5.74) is 6.08. The highest BCUT2D eigenvalue weighted by molar-refractivity contribution is 5.78. The lowest BCUT2D eigenvalue weighted by Gasteiger charge is -2.32. The number of nitrogens with two attached hydrogens (primary N) is 1. The molecule has 2 rings (SSSR count). The molecular weight excluding hydrogens is 226 g/mol. The summed E-state index contributed by atoms with van der Waals surface area (Å²) >= 11 is 0. The molecule has 2 fully saturated rings. The maximum Gasteiger partial charge on any atom is 0.191 e. The average Bonchev–Trinajstić information content (AvgIpc) is 2.36. The molecule has 3 atom stereocenters. The second kappa shape index (κ2) is 6.41. The van der Waals surface area contributed by atoms with E-state index in [4.69, 9.17) is 10.5 Å². The van der Waals surface area contributed by atoms with Gasteiger partial charge in [-0.2, -0.15) is 0 Å². The molecule has 1 aliphatic heterocycles. The van der Waals surface area contributed by atoms with E-state index in [2.05, 4.69) is 23.7 Å². The van der Waals surface area contributed by atoms with Gasteiger partial charge in [-0.1, -0.05) is 19.8 Å². The highest BCUT2D eigenvalue weighted by Gasteiger charge is 2.20. The second-order valence-corrected chi connectivity index (χ2v) is 5.96. The zero-order valence-electron chi connectivity index (χ0n) is 11.8. The third kappa shape index (κ3) is 3.87. The van der Waals surface area contributed by atoms with Crippen LogP contribution in [0.1, 0.15) is 39.5 Å². The molecule has 2 aliphatic rings. The Morgan fingerprint density at radius 3 is 2.94 bits per heavy atom. The molecule has 1 saturated heterocycles. The Morgan fingerprint density at radius 2 is 2.22 bits per heavy atom. The molecule has 0 radical (unpaired) electrons. The average molecular weight is 253 g/mol. The van der Waals surface area contributed by atoms with Gasteiger partial charge in [0.2, 0.25) is 0 Å². The van der Waals surface area contributed by atoms with E-state index in [1.54, 1.807) is 0 Å². The summed E-state index contributed by atoms with van der Waals surface area (Å²) in [6, 6.07) is 0. The van der Waals surface area contributed by atoms with Crippen LogP contribution >= 0.6 is 0 Å². The summed E-state index contributed by atoms with van der Waals surface area (Å²) in [5.74, 6) is 2.32. The fraction of sp³-hybridized carbons (Fsp3) is 0.929. The van der Waals surface area contributed by atoms with Gasteiger partial charge in [0, 0.05) is 19.6 Å². The van der Waals surface area contributed by atoms with Crippen molar-refractivity contribution < 1.29 is 4.74 Å². The van der Waals surface area contributed by atoms with Crippen LogP contribution in [0.15, 0.2) is 4.99 Å². The highest BCUT2D eigenvalue weighted by Crippen LogP contribution is 2.28. The summed E-state index contributed by atoms with van der Waals surface area (Å²) in [6.07, 6.45) is 5.64. The van der Waals surface area contributed by atoms with Gasteiger partial charge in [0.25, 0.3) is 0 Å². The number of aliphatic imine (C=N–C) groups is 1. The van der Waals surface area contributed by atoms with E-state index in [1.165, 1.54) is 25.7 Å². The van der Waals surface area contributed by atoms with Crippen LogP contribution in [0, 0.1) is 11.8 Å². The molecule has 2 N–H and O–H groups in total. The first-order chi connectivity index (χ1) is 8.65. The van der Waals surface area contributed by atoms with Gasteiger partial charge in [-0.3, -0.25) is 4.99 Å². The minimum Gasteiger partial charge on any atom is -0.375 e. The van der Waals surface area contributed by atoms with Crippen LogP contribution in [0.3, 0.4) is 0 Å². The van der Waals surface area contributed by atoms with E-state index in [1.807, 2.05) is 0 Å². The maximum atomic E-state index is 6.08. The molecule has 1 saturated carbocycles. The SMILES string of the molecule is CC1CCCC(CN=C(N)N2CCOC(C)C2)C1. The molecule has 18 heavy (non-hydrogen) atoms. The summed E-state index contributed by atoms with van der Waals surface area (Å²) in [6.45, 7) is 7.85. The van der Waals surface area contributed by atoms with E-state index in [0.717, 1.165) is 38.1 Å². The fourth-order valence-electron chi connectivity index (χ4n) is 3.07. The lowest BCUT2D eigenvalue weighted by molar-refractivity contribution is 0.00526. The predicted molar refractivity (Wildman–Crippen MR) is 74.6 cm³/mol. The van der Waals surface area contributed by atoms with Gasteiger partial charge in [0.15, 0.2) is 5.96 Å². The first-order valence-electron chi connectivity index (χ1n) is 7.31. The van der Waals surface area contributed by atoms with E-state index in [0.29, 0.717) is 5.96 Å². The normalized spacial score (nSPS) is 34.7. The van der Waals surface area contributed by atoms with Crippen LogP contribution in [0.25, 0.3) is 0 Å². The third-order valence-electron chi connectivity index (χ3n) is 4.12. The van der Waals surface area contributed by atoms with Crippen LogP contribution in [0.2, 0.25) is 0 Å². The van der Waals surface area contributed by atoms with Crippen molar-refractivity contribution in [1.82, 2.24) is 4.90 Å². The third-order valence-corrected chi connectivity index (χ3v) is 4.12. The zero-order valence-corrected chi connectivity index (χ0v) is 11.8. The maximum absolute atomic E-state index is 6.08. The van der Waals surface area contributed by atoms with Gasteiger partial charge < -0.3 is 15.4 Å². The number of rotatable bonds is 2. The number of hydrogen-bond acceptors (Lipinski definition) is 2. The number of ether oxygens (including phenoxy) is 1. The quantitative estimate of drug-likeness (QED) is 0.603. The van der Waals surface area contributed by atoms with Crippen molar-refractivity contribution in [2.45, 2.75) is 45.6 Å². The first kappa shape index (κ1) is 13.7. The Balaban J connectivity index is 1.80. The Hall–Kier alpha value is -0.770. The molecule has 4 heteroatoms. The van der Waals surface area contributed by atoms with Crippen molar-refractivity contribution in [3.8, 4) is 0 Å². The van der Waals surface area contributed by atoms with Gasteiger partial charge in [-0.05, 0) is 31.6 Å². The molecule has 0 aromatic heterocycles. The molecule has 0 spiro atoms. The van der Waals surface area contributed by atoms with E-state index in [-0.39, 0.29) is 6.10 Å². The number of hydrogen-bond donors (Lipinski definition) is 1. The summed E-state index contributed by atoms with van der Waals surface area (Å²) < 4.78 is 5.51. The molecule has 104 valence electrons. The van der Waals surface area contributed by atoms with E-state index in [9.17, 15) is 0 Å². The molecule has 0 aromatic rings. The van der Waals surface area contributed by atoms with Gasteiger partial charge in [0.05, 0.1) is 12.7 Å². The van der Waals surface area contributed by atoms with Gasteiger partial charge >= 0.3 is 0 Å². The lowest BCUT2D eigenvalue weighted by Crippen LogP contribution is -2.48. The summed E-state index contributed by atoms with van der Waals surface area (Å²) in [5, 5.41) is 0. The molecular formula is C14H27N3O. The Kier molecular flexibility index (Phi) is 4.87. The Bertz CT molecular complexity index is 293. The number of morpholine rings is 1. The highest BCUT2D eigenvalue weighted by atomic mass is 16.5. The topological polar surface area (TPSA) is 50.8 Å². The number of nitrogens with zero attached hydrogens (tertiary/aromatic N) is 2. The largest absolute Gasteiger partial charge is 0.375 e. The molecule has 4 nitrogen and oxygen atoms in total. The van der Waals surface area contributed by atoms with Crippen LogP contribution in [-0.2, 0) is 4.74 Å². The van der Waals surface area contributed by atoms with Crippen LogP contribution in [0.4, 0.5) is 0 Å². The minimum atomic E-state index is 0.266. The molecule has 1 heterocycles. The van der Waals surface area contributed by atoms with Crippen LogP contribution in [-0.4, -0.2) is 43.2 Å². The summed E-state index contributed by atoms with van der Waals surface area (Å²) in [4.78, 5) is 6.76. The molecule has 0 bridgehead atoms. The molecule has 0 amide bonds. The fourth-order valence-corrected chi connectivity index (χ4v) is 3.07. The van der Waals surface area contributed by atoms with Crippen molar-refractivity contribution >= 4 is 5.96 Å². The summed E-state index contributed by atoms with van der Waals surface area (Å²) in [7, 11) is 0. The molecule has 3 unspecified atom stereocenters. The molecule has 1 aliphatic carbocycles. The van der Waals surface area contributed by atoms with Crippen molar-refractivity contribution in [2.75, 3.05) is 26.2 Å². The van der Waals surface area contributed by atoms with Gasteiger partial charge in [-0.15, -0.1) is 0 Å². The van der Waals surface area contributed by atoms with Gasteiger partial charge in [-0.25, -0.2) is 0 Å². The van der Waals surface area contributed by atoms with Crippen LogP contribution < -0.4 is 5.73 Å². The van der Waals surface area contributed by atoms with Gasteiger partial charge in [0.1, 0.15) is 0 Å². The second-order valence-electron chi connectivity index (χ2n) is 5.96. The lowest BCUT2D eigenvalue weighted by atomic mass is 9.82. The van der Waals surface area contributed by atoms with Crippen molar-refractivity contribution in [3.05, 3.63) is 0 Å². The van der Waals surface area contributed by atoms with E-state index < -0.39 is 0 Å². The zero-order chi connectivity index (χ0) is 13.0. The smallest absolute Gasteiger partial charge is 0.191 e. The van der Waals surface area contributed by atoms with Crippen molar-refractivity contribution in [2.24, 2.45) is 22.6 Å². The Labute approximate surface area is 111 Å². The Morgan fingerprint density at radius 1 is 1.39 bits per heavy atom. The first-order valence-corrected chi connectivity index (χ1v) is 7.31.